The van der Waals surface area contributed by atoms with Gasteiger partial charge in [0, 0.05) is 37.5 Å². The minimum atomic E-state index is -4.75. The van der Waals surface area contributed by atoms with Crippen molar-refractivity contribution >= 4 is 5.96 Å². The lowest BCUT2D eigenvalue weighted by Crippen LogP contribution is -2.37. The lowest BCUT2D eigenvalue weighted by Gasteiger charge is -2.14. The molecule has 1 heterocycles. The van der Waals surface area contributed by atoms with Gasteiger partial charge in [-0.05, 0) is 31.9 Å². The number of rotatable bonds is 9. The first kappa shape index (κ1) is 22.3. The maximum Gasteiger partial charge on any atom is 0.573 e. The number of hydrogen-bond donors (Lipinski definition) is 2. The van der Waals surface area contributed by atoms with Gasteiger partial charge in [0.05, 0.1) is 6.54 Å². The molecular formula is C20H25F3N4O2. The van der Waals surface area contributed by atoms with Crippen LogP contribution < -0.4 is 20.9 Å². The molecule has 29 heavy (non-hydrogen) atoms. The Balaban J connectivity index is 1.87. The van der Waals surface area contributed by atoms with E-state index in [1.54, 1.807) is 29.0 Å². The largest absolute Gasteiger partial charge is 0.573 e. The van der Waals surface area contributed by atoms with Gasteiger partial charge in [-0.3, -0.25) is 4.79 Å². The molecule has 0 saturated heterocycles. The van der Waals surface area contributed by atoms with E-state index in [1.165, 1.54) is 18.2 Å². The van der Waals surface area contributed by atoms with Crippen LogP contribution in [0, 0.1) is 0 Å². The SMILES string of the molecule is CCNC(=NCc1ccccc1OC(F)(F)F)NCCCCn1ccccc1=O. The highest BCUT2D eigenvalue weighted by atomic mass is 19.4. The van der Waals surface area contributed by atoms with Crippen molar-refractivity contribution in [3.63, 3.8) is 0 Å². The first-order valence-corrected chi connectivity index (χ1v) is 9.40. The first-order chi connectivity index (χ1) is 13.9. The second-order valence-electron chi connectivity index (χ2n) is 6.22. The number of pyridine rings is 1. The summed E-state index contributed by atoms with van der Waals surface area (Å²) in [6, 6.07) is 11.0. The number of ether oxygens (including phenoxy) is 1. The second-order valence-corrected chi connectivity index (χ2v) is 6.22. The summed E-state index contributed by atoms with van der Waals surface area (Å²) in [6.45, 7) is 3.80. The maximum atomic E-state index is 12.5. The number of benzene rings is 1. The Morgan fingerprint density at radius 1 is 1.10 bits per heavy atom. The van der Waals surface area contributed by atoms with Crippen molar-refractivity contribution in [3.8, 4) is 5.75 Å². The predicted molar refractivity (Wildman–Crippen MR) is 106 cm³/mol. The lowest BCUT2D eigenvalue weighted by molar-refractivity contribution is -0.274. The summed E-state index contributed by atoms with van der Waals surface area (Å²) in [5.74, 6) is 0.249. The van der Waals surface area contributed by atoms with Gasteiger partial charge in [-0.15, -0.1) is 13.2 Å². The minimum absolute atomic E-state index is 0.0323. The molecule has 2 rings (SSSR count). The van der Waals surface area contributed by atoms with Gasteiger partial charge in [0.2, 0.25) is 5.56 Å². The van der Waals surface area contributed by atoms with Crippen LogP contribution >= 0.6 is 0 Å². The van der Waals surface area contributed by atoms with Gasteiger partial charge in [-0.1, -0.05) is 24.3 Å². The summed E-state index contributed by atoms with van der Waals surface area (Å²) >= 11 is 0. The standard InChI is InChI=1S/C20H25F3N4O2/c1-2-24-19(25-12-6-8-14-27-13-7-5-11-18(27)28)26-15-16-9-3-4-10-17(16)29-20(21,22)23/h3-5,7,9-11,13H,2,6,8,12,14-15H2,1H3,(H2,24,25,26). The first-order valence-electron chi connectivity index (χ1n) is 9.40. The van der Waals surface area contributed by atoms with E-state index in [0.717, 1.165) is 12.8 Å². The lowest BCUT2D eigenvalue weighted by atomic mass is 10.2. The van der Waals surface area contributed by atoms with E-state index < -0.39 is 6.36 Å². The molecule has 0 radical (unpaired) electrons. The fourth-order valence-corrected chi connectivity index (χ4v) is 2.62. The summed E-state index contributed by atoms with van der Waals surface area (Å²) in [7, 11) is 0. The zero-order valence-corrected chi connectivity index (χ0v) is 16.2. The molecule has 1 aromatic heterocycles. The number of aryl methyl sites for hydroxylation is 1. The van der Waals surface area contributed by atoms with Gasteiger partial charge in [-0.25, -0.2) is 4.99 Å². The Kier molecular flexibility index (Phi) is 8.57. The summed E-state index contributed by atoms with van der Waals surface area (Å²) in [5, 5.41) is 6.21. The Morgan fingerprint density at radius 2 is 1.86 bits per heavy atom. The minimum Gasteiger partial charge on any atom is -0.405 e. The van der Waals surface area contributed by atoms with Crippen LogP contribution in [0.3, 0.4) is 0 Å². The number of hydrogen-bond acceptors (Lipinski definition) is 3. The molecule has 9 heteroatoms. The van der Waals surface area contributed by atoms with Crippen LogP contribution in [-0.2, 0) is 13.1 Å². The van der Waals surface area contributed by atoms with Gasteiger partial charge in [0.25, 0.3) is 0 Å². The monoisotopic (exact) mass is 410 g/mol. The van der Waals surface area contributed by atoms with E-state index in [2.05, 4.69) is 20.4 Å². The zero-order chi connectivity index (χ0) is 21.1. The highest BCUT2D eigenvalue weighted by Crippen LogP contribution is 2.26. The van der Waals surface area contributed by atoms with Gasteiger partial charge in [0.15, 0.2) is 5.96 Å². The van der Waals surface area contributed by atoms with E-state index in [-0.39, 0.29) is 17.9 Å². The Morgan fingerprint density at radius 3 is 2.59 bits per heavy atom. The van der Waals surface area contributed by atoms with Crippen molar-refractivity contribution in [2.45, 2.75) is 39.2 Å². The summed E-state index contributed by atoms with van der Waals surface area (Å²) in [5.41, 5.74) is 0.306. The predicted octanol–water partition coefficient (Wildman–Crippen LogP) is 3.28. The molecule has 2 aromatic rings. The molecule has 0 bridgehead atoms. The van der Waals surface area contributed by atoms with Crippen molar-refractivity contribution in [1.29, 1.82) is 0 Å². The molecule has 0 atom stereocenters. The number of aromatic nitrogens is 1. The molecule has 0 amide bonds. The number of aliphatic imine (C=N–C) groups is 1. The maximum absolute atomic E-state index is 12.5. The van der Waals surface area contributed by atoms with E-state index in [1.807, 2.05) is 13.0 Å². The van der Waals surface area contributed by atoms with Gasteiger partial charge >= 0.3 is 6.36 Å². The molecule has 0 aliphatic heterocycles. The van der Waals surface area contributed by atoms with E-state index >= 15 is 0 Å². The quantitative estimate of drug-likeness (QED) is 0.378. The topological polar surface area (TPSA) is 67.7 Å². The Hall–Kier alpha value is -2.97. The molecule has 6 nitrogen and oxygen atoms in total. The highest BCUT2D eigenvalue weighted by molar-refractivity contribution is 5.79. The van der Waals surface area contributed by atoms with Crippen molar-refractivity contribution in [3.05, 3.63) is 64.6 Å². The Labute approximate surface area is 167 Å². The average molecular weight is 410 g/mol. The molecular weight excluding hydrogens is 385 g/mol. The van der Waals surface area contributed by atoms with Crippen LogP contribution in [0.1, 0.15) is 25.3 Å². The van der Waals surface area contributed by atoms with E-state index in [4.69, 9.17) is 0 Å². The number of unbranched alkanes of at least 4 members (excludes halogenated alkanes) is 1. The van der Waals surface area contributed by atoms with E-state index in [9.17, 15) is 18.0 Å². The number of halogens is 3. The smallest absolute Gasteiger partial charge is 0.405 e. The third-order valence-electron chi connectivity index (χ3n) is 3.97. The van der Waals surface area contributed by atoms with Crippen molar-refractivity contribution in [2.75, 3.05) is 13.1 Å². The third kappa shape index (κ3) is 8.28. The van der Waals surface area contributed by atoms with Crippen LogP contribution in [0.25, 0.3) is 0 Å². The molecule has 0 saturated carbocycles. The number of guanidine groups is 1. The number of nitrogens with zero attached hydrogens (tertiary/aromatic N) is 2. The van der Waals surface area contributed by atoms with Gasteiger partial charge < -0.3 is 19.9 Å². The van der Waals surface area contributed by atoms with Crippen LogP contribution in [0.5, 0.6) is 5.75 Å². The molecule has 0 unspecified atom stereocenters. The fraction of sp³-hybridized carbons (Fsp3) is 0.400. The van der Waals surface area contributed by atoms with E-state index in [0.29, 0.717) is 31.2 Å². The van der Waals surface area contributed by atoms with Crippen molar-refractivity contribution in [1.82, 2.24) is 15.2 Å². The van der Waals surface area contributed by atoms with Crippen molar-refractivity contribution < 1.29 is 17.9 Å². The number of alkyl halides is 3. The molecule has 1 aromatic carbocycles. The Bertz CT molecular complexity index is 850. The van der Waals surface area contributed by atoms with Gasteiger partial charge in [0.1, 0.15) is 5.75 Å². The molecule has 158 valence electrons. The number of nitrogens with one attached hydrogen (secondary N) is 2. The van der Waals surface area contributed by atoms with Crippen LogP contribution in [-0.4, -0.2) is 30.0 Å². The second kappa shape index (κ2) is 11.1. The molecule has 0 aliphatic rings. The average Bonchev–Trinajstić information content (AvgIpc) is 2.67. The van der Waals surface area contributed by atoms with Crippen molar-refractivity contribution in [2.24, 2.45) is 4.99 Å². The normalized spacial score (nSPS) is 11.9. The third-order valence-corrected chi connectivity index (χ3v) is 3.97. The molecule has 0 fully saturated rings. The summed E-state index contributed by atoms with van der Waals surface area (Å²) in [6.07, 6.45) is -1.39. The van der Waals surface area contributed by atoms with Crippen LogP contribution in [0.2, 0.25) is 0 Å². The molecule has 0 spiro atoms. The van der Waals surface area contributed by atoms with Crippen LogP contribution in [0.15, 0.2) is 58.4 Å². The van der Waals surface area contributed by atoms with Crippen LogP contribution in [0.4, 0.5) is 13.2 Å². The highest BCUT2D eigenvalue weighted by Gasteiger charge is 2.31. The van der Waals surface area contributed by atoms with Gasteiger partial charge in [-0.2, -0.15) is 0 Å². The fourth-order valence-electron chi connectivity index (χ4n) is 2.62. The number of para-hydroxylation sites is 1. The zero-order valence-electron chi connectivity index (χ0n) is 16.2. The summed E-state index contributed by atoms with van der Waals surface area (Å²) in [4.78, 5) is 16.0. The molecule has 2 N–H and O–H groups in total. The molecule has 0 aliphatic carbocycles. The summed E-state index contributed by atoms with van der Waals surface area (Å²) < 4.78 is 43.3.